The summed E-state index contributed by atoms with van der Waals surface area (Å²) in [4.78, 5) is 0. The standard InChI is InChI=1S/C22H18N4O2/c27-21-7-3-1-5-19(21)15-25-23-13-17-9-11-18(12-10-17)14-24-26-16-20-6-2-4-8-22(20)28/h1-16,27-28H/b23-13-,24-14-,25-15-,26-16-. The van der Waals surface area contributed by atoms with E-state index in [1.807, 2.05) is 36.4 Å². The molecule has 0 saturated heterocycles. The SMILES string of the molecule is Oc1ccccc1/C=N\N=C/c1ccc(/C=N\N=C/c2ccccc2O)cc1. The molecule has 0 unspecified atom stereocenters. The highest BCUT2D eigenvalue weighted by atomic mass is 16.3. The summed E-state index contributed by atoms with van der Waals surface area (Å²) in [5.41, 5.74) is 2.97. The minimum atomic E-state index is 0.162. The van der Waals surface area contributed by atoms with E-state index in [4.69, 9.17) is 0 Å². The number of hydrogen-bond acceptors (Lipinski definition) is 6. The highest BCUT2D eigenvalue weighted by Crippen LogP contribution is 2.13. The molecule has 0 aliphatic rings. The largest absolute Gasteiger partial charge is 0.507 e. The first-order valence-corrected chi connectivity index (χ1v) is 8.51. The molecular weight excluding hydrogens is 352 g/mol. The predicted molar refractivity (Wildman–Crippen MR) is 113 cm³/mol. The number of aromatic hydroxyl groups is 2. The summed E-state index contributed by atoms with van der Waals surface area (Å²) in [6.45, 7) is 0. The summed E-state index contributed by atoms with van der Waals surface area (Å²) in [6.07, 6.45) is 6.23. The lowest BCUT2D eigenvalue weighted by Crippen LogP contribution is -1.85. The van der Waals surface area contributed by atoms with Gasteiger partial charge in [-0.3, -0.25) is 0 Å². The first kappa shape index (κ1) is 18.7. The van der Waals surface area contributed by atoms with E-state index in [2.05, 4.69) is 20.4 Å². The molecule has 6 nitrogen and oxygen atoms in total. The number of rotatable bonds is 6. The zero-order valence-corrected chi connectivity index (χ0v) is 14.9. The Morgan fingerprint density at radius 3 is 1.21 bits per heavy atom. The van der Waals surface area contributed by atoms with Crippen LogP contribution in [0.5, 0.6) is 11.5 Å². The highest BCUT2D eigenvalue weighted by molar-refractivity contribution is 5.87. The van der Waals surface area contributed by atoms with Crippen molar-refractivity contribution in [2.24, 2.45) is 20.4 Å². The fourth-order valence-electron chi connectivity index (χ4n) is 2.25. The van der Waals surface area contributed by atoms with Crippen LogP contribution >= 0.6 is 0 Å². The van der Waals surface area contributed by atoms with Crippen LogP contribution in [0, 0.1) is 0 Å². The molecule has 3 aromatic rings. The maximum Gasteiger partial charge on any atom is 0.124 e. The Kier molecular flexibility index (Phi) is 6.41. The second-order valence-electron chi connectivity index (χ2n) is 5.76. The van der Waals surface area contributed by atoms with Gasteiger partial charge in [0.15, 0.2) is 0 Å². The van der Waals surface area contributed by atoms with Gasteiger partial charge >= 0.3 is 0 Å². The molecule has 28 heavy (non-hydrogen) atoms. The lowest BCUT2D eigenvalue weighted by atomic mass is 10.2. The number of benzene rings is 3. The van der Waals surface area contributed by atoms with Crippen LogP contribution in [0.25, 0.3) is 0 Å². The van der Waals surface area contributed by atoms with Gasteiger partial charge in [-0.2, -0.15) is 20.4 Å². The number of hydrogen-bond donors (Lipinski definition) is 2. The van der Waals surface area contributed by atoms with Gasteiger partial charge < -0.3 is 10.2 Å². The zero-order chi connectivity index (χ0) is 19.6. The Bertz CT molecular complexity index is 954. The summed E-state index contributed by atoms with van der Waals surface area (Å²) in [5, 5.41) is 35.1. The second-order valence-corrected chi connectivity index (χ2v) is 5.76. The molecule has 0 atom stereocenters. The molecular formula is C22H18N4O2. The molecule has 0 aliphatic heterocycles. The summed E-state index contributed by atoms with van der Waals surface area (Å²) >= 11 is 0. The molecule has 3 rings (SSSR count). The smallest absolute Gasteiger partial charge is 0.124 e. The van der Waals surface area contributed by atoms with E-state index in [0.29, 0.717) is 11.1 Å². The van der Waals surface area contributed by atoms with Crippen molar-refractivity contribution in [1.29, 1.82) is 0 Å². The molecule has 0 saturated carbocycles. The Morgan fingerprint density at radius 1 is 0.464 bits per heavy atom. The maximum absolute atomic E-state index is 9.65. The lowest BCUT2D eigenvalue weighted by molar-refractivity contribution is 0.474. The molecule has 0 amide bonds. The Labute approximate surface area is 162 Å². The summed E-state index contributed by atoms with van der Waals surface area (Å²) < 4.78 is 0. The van der Waals surface area contributed by atoms with Crippen LogP contribution in [-0.2, 0) is 0 Å². The average molecular weight is 370 g/mol. The van der Waals surface area contributed by atoms with Gasteiger partial charge in [-0.15, -0.1) is 0 Å². The molecule has 0 aromatic heterocycles. The van der Waals surface area contributed by atoms with Crippen LogP contribution in [0.4, 0.5) is 0 Å². The first-order valence-electron chi connectivity index (χ1n) is 8.51. The van der Waals surface area contributed by atoms with Gasteiger partial charge in [-0.05, 0) is 35.4 Å². The van der Waals surface area contributed by atoms with Gasteiger partial charge in [0.1, 0.15) is 11.5 Å². The van der Waals surface area contributed by atoms with Gasteiger partial charge in [0.25, 0.3) is 0 Å². The Hall–Kier alpha value is -4.06. The topological polar surface area (TPSA) is 89.9 Å². The first-order chi connectivity index (χ1) is 13.7. The number of para-hydroxylation sites is 2. The van der Waals surface area contributed by atoms with Crippen LogP contribution < -0.4 is 0 Å². The van der Waals surface area contributed by atoms with Crippen molar-refractivity contribution < 1.29 is 10.2 Å². The molecule has 0 heterocycles. The number of phenolic OH excluding ortho intramolecular Hbond substituents is 2. The second kappa shape index (κ2) is 9.59. The van der Waals surface area contributed by atoms with Gasteiger partial charge in [0, 0.05) is 11.1 Å². The van der Waals surface area contributed by atoms with Crippen LogP contribution in [0.1, 0.15) is 22.3 Å². The Morgan fingerprint density at radius 2 is 0.821 bits per heavy atom. The number of nitrogens with zero attached hydrogens (tertiary/aromatic N) is 4. The van der Waals surface area contributed by atoms with Crippen LogP contribution in [0.15, 0.2) is 93.2 Å². The Balaban J connectivity index is 1.56. The van der Waals surface area contributed by atoms with Gasteiger partial charge in [0.05, 0.1) is 24.9 Å². The molecule has 0 bridgehead atoms. The third kappa shape index (κ3) is 5.47. The molecule has 0 spiro atoms. The van der Waals surface area contributed by atoms with Crippen molar-refractivity contribution in [2.75, 3.05) is 0 Å². The molecule has 2 N–H and O–H groups in total. The molecule has 0 fully saturated rings. The zero-order valence-electron chi connectivity index (χ0n) is 14.9. The van der Waals surface area contributed by atoms with Gasteiger partial charge in [0.2, 0.25) is 0 Å². The number of phenols is 2. The van der Waals surface area contributed by atoms with Gasteiger partial charge in [-0.25, -0.2) is 0 Å². The minimum Gasteiger partial charge on any atom is -0.507 e. The van der Waals surface area contributed by atoms with Crippen molar-refractivity contribution in [2.45, 2.75) is 0 Å². The van der Waals surface area contributed by atoms with E-state index < -0.39 is 0 Å². The monoisotopic (exact) mass is 370 g/mol. The summed E-state index contributed by atoms with van der Waals surface area (Å²) in [6, 6.07) is 21.4. The van der Waals surface area contributed by atoms with Crippen molar-refractivity contribution in [3.8, 4) is 11.5 Å². The molecule has 138 valence electrons. The molecule has 3 aromatic carbocycles. The lowest BCUT2D eigenvalue weighted by Gasteiger charge is -1.95. The average Bonchev–Trinajstić information content (AvgIpc) is 2.72. The maximum atomic E-state index is 9.65. The predicted octanol–water partition coefficient (Wildman–Crippen LogP) is 4.00. The third-order valence-corrected chi connectivity index (χ3v) is 3.75. The fourth-order valence-corrected chi connectivity index (χ4v) is 2.25. The quantitative estimate of drug-likeness (QED) is 0.507. The van der Waals surface area contributed by atoms with Crippen LogP contribution in [-0.4, -0.2) is 35.1 Å². The van der Waals surface area contributed by atoms with E-state index in [1.54, 1.807) is 48.8 Å². The minimum absolute atomic E-state index is 0.162. The van der Waals surface area contributed by atoms with Gasteiger partial charge in [-0.1, -0.05) is 48.5 Å². The molecule has 0 aliphatic carbocycles. The van der Waals surface area contributed by atoms with Crippen molar-refractivity contribution >= 4 is 24.9 Å². The molecule has 6 heteroatoms. The van der Waals surface area contributed by atoms with E-state index in [9.17, 15) is 10.2 Å². The summed E-state index contributed by atoms with van der Waals surface area (Å²) in [7, 11) is 0. The van der Waals surface area contributed by atoms with Crippen LogP contribution in [0.3, 0.4) is 0 Å². The van der Waals surface area contributed by atoms with E-state index in [0.717, 1.165) is 11.1 Å². The molecule has 0 radical (unpaired) electrons. The normalized spacial score (nSPS) is 12.0. The van der Waals surface area contributed by atoms with Crippen molar-refractivity contribution in [3.05, 3.63) is 95.1 Å². The van der Waals surface area contributed by atoms with Crippen LogP contribution in [0.2, 0.25) is 0 Å². The third-order valence-electron chi connectivity index (χ3n) is 3.75. The highest BCUT2D eigenvalue weighted by Gasteiger charge is 1.95. The van der Waals surface area contributed by atoms with Crippen molar-refractivity contribution in [3.63, 3.8) is 0 Å². The fraction of sp³-hybridized carbons (Fsp3) is 0. The van der Waals surface area contributed by atoms with E-state index >= 15 is 0 Å². The van der Waals surface area contributed by atoms with Crippen molar-refractivity contribution in [1.82, 2.24) is 0 Å². The van der Waals surface area contributed by atoms with E-state index in [-0.39, 0.29) is 11.5 Å². The summed E-state index contributed by atoms with van der Waals surface area (Å²) in [5.74, 6) is 0.324. The van der Waals surface area contributed by atoms with E-state index in [1.165, 1.54) is 12.4 Å².